The molecule has 1 fully saturated rings. The van der Waals surface area contributed by atoms with Crippen molar-refractivity contribution in [3.8, 4) is 0 Å². The Morgan fingerprint density at radius 2 is 1.74 bits per heavy atom. The van der Waals surface area contributed by atoms with Crippen LogP contribution in [0.5, 0.6) is 0 Å². The summed E-state index contributed by atoms with van der Waals surface area (Å²) in [6, 6.07) is 16.4. The summed E-state index contributed by atoms with van der Waals surface area (Å²) in [5.74, 6) is -0.0762. The van der Waals surface area contributed by atoms with Crippen molar-refractivity contribution in [3.63, 3.8) is 0 Å². The van der Waals surface area contributed by atoms with Gasteiger partial charge < -0.3 is 5.32 Å². The Balaban J connectivity index is 1.33. The van der Waals surface area contributed by atoms with Gasteiger partial charge in [0.05, 0.1) is 10.9 Å². The molecule has 2 N–H and O–H groups in total. The Labute approximate surface area is 183 Å². The summed E-state index contributed by atoms with van der Waals surface area (Å²) in [7, 11) is -3.60. The molecule has 1 aliphatic rings. The number of rotatable bonds is 6. The predicted octanol–water partition coefficient (Wildman–Crippen LogP) is 3.95. The topological polar surface area (TPSA) is 88.2 Å². The normalized spacial score (nSPS) is 20.3. The lowest BCUT2D eigenvalue weighted by Gasteiger charge is -2.29. The molecule has 1 heterocycles. The van der Waals surface area contributed by atoms with Crippen LogP contribution in [0.2, 0.25) is 0 Å². The molecule has 1 amide bonds. The third kappa shape index (κ3) is 5.11. The van der Waals surface area contributed by atoms with Crippen LogP contribution in [0.25, 0.3) is 10.8 Å². The number of carbonyl (C=O) groups is 1. The second kappa shape index (κ2) is 9.16. The summed E-state index contributed by atoms with van der Waals surface area (Å²) in [5, 5.41) is 4.96. The largest absolute Gasteiger partial charge is 0.349 e. The average Bonchev–Trinajstić information content (AvgIpc) is 2.79. The van der Waals surface area contributed by atoms with E-state index in [1.165, 1.54) is 0 Å². The van der Waals surface area contributed by atoms with Crippen molar-refractivity contribution in [2.24, 2.45) is 5.92 Å². The van der Waals surface area contributed by atoms with Crippen LogP contribution in [0.3, 0.4) is 0 Å². The van der Waals surface area contributed by atoms with Crippen molar-refractivity contribution in [2.45, 2.75) is 49.6 Å². The Morgan fingerprint density at radius 3 is 2.45 bits per heavy atom. The van der Waals surface area contributed by atoms with E-state index < -0.39 is 10.0 Å². The maximum atomic E-state index is 12.9. The van der Waals surface area contributed by atoms with Gasteiger partial charge in [0, 0.05) is 24.4 Å². The van der Waals surface area contributed by atoms with Crippen LogP contribution in [0.4, 0.5) is 0 Å². The number of sulfonamides is 1. The summed E-state index contributed by atoms with van der Waals surface area (Å²) < 4.78 is 28.6. The summed E-state index contributed by atoms with van der Waals surface area (Å²) in [4.78, 5) is 17.0. The molecule has 0 aliphatic heterocycles. The molecule has 31 heavy (non-hydrogen) atoms. The van der Waals surface area contributed by atoms with Crippen LogP contribution >= 0.6 is 0 Å². The fourth-order valence-electron chi connectivity index (χ4n) is 4.14. The molecule has 0 radical (unpaired) electrons. The Bertz CT molecular complexity index is 1160. The van der Waals surface area contributed by atoms with Crippen LogP contribution in [0.15, 0.2) is 71.9 Å². The molecule has 4 rings (SSSR count). The highest BCUT2D eigenvalue weighted by Crippen LogP contribution is 2.27. The number of hydrogen-bond acceptors (Lipinski definition) is 4. The zero-order chi connectivity index (χ0) is 21.8. The first-order valence-corrected chi connectivity index (χ1v) is 12.1. The van der Waals surface area contributed by atoms with Crippen LogP contribution in [-0.4, -0.2) is 25.4 Å². The van der Waals surface area contributed by atoms with Gasteiger partial charge in [0.15, 0.2) is 0 Å². The smallest absolute Gasteiger partial charge is 0.240 e. The summed E-state index contributed by atoms with van der Waals surface area (Å²) in [6.45, 7) is 1.94. The first-order chi connectivity index (χ1) is 14.9. The van der Waals surface area contributed by atoms with E-state index in [9.17, 15) is 13.2 Å². The molecule has 0 bridgehead atoms. The standard InChI is InChI=1S/C24H27N3O3S/c1-17(21-7-4-14-25-16-21)26-24(28)19-8-11-22(12-9-19)27-31(29,30)23-13-10-18-5-2-3-6-20(18)15-23/h2-7,10,13-17,19,22,27H,8-9,11-12H2,1H3,(H,26,28). The number of pyridine rings is 1. The molecule has 0 saturated heterocycles. The molecule has 2 aromatic carbocycles. The van der Waals surface area contributed by atoms with E-state index in [4.69, 9.17) is 0 Å². The fourth-order valence-corrected chi connectivity index (χ4v) is 5.48. The maximum absolute atomic E-state index is 12.9. The Hall–Kier alpha value is -2.77. The highest BCUT2D eigenvalue weighted by atomic mass is 32.2. The molecule has 0 spiro atoms. The van der Waals surface area contributed by atoms with Gasteiger partial charge in [-0.3, -0.25) is 9.78 Å². The van der Waals surface area contributed by atoms with Gasteiger partial charge in [0.2, 0.25) is 15.9 Å². The molecule has 6 nitrogen and oxygen atoms in total. The molecular weight excluding hydrogens is 410 g/mol. The SMILES string of the molecule is CC(NC(=O)C1CCC(NS(=O)(=O)c2ccc3ccccc3c2)CC1)c1cccnc1. The van der Waals surface area contributed by atoms with Crippen molar-refractivity contribution < 1.29 is 13.2 Å². The third-order valence-corrected chi connectivity index (χ3v) is 7.51. The zero-order valence-electron chi connectivity index (χ0n) is 17.5. The van der Waals surface area contributed by atoms with E-state index in [0.29, 0.717) is 25.7 Å². The van der Waals surface area contributed by atoms with Gasteiger partial charge in [-0.15, -0.1) is 0 Å². The number of carbonyl (C=O) groups excluding carboxylic acids is 1. The minimum absolute atomic E-state index is 0.0205. The van der Waals surface area contributed by atoms with E-state index in [0.717, 1.165) is 16.3 Å². The number of nitrogens with one attached hydrogen (secondary N) is 2. The molecule has 1 atom stereocenters. The van der Waals surface area contributed by atoms with Crippen molar-refractivity contribution in [2.75, 3.05) is 0 Å². The van der Waals surface area contributed by atoms with Crippen molar-refractivity contribution in [3.05, 3.63) is 72.6 Å². The fraction of sp³-hybridized carbons (Fsp3) is 0.333. The van der Waals surface area contributed by atoms with Crippen LogP contribution in [0, 0.1) is 5.92 Å². The first-order valence-electron chi connectivity index (χ1n) is 10.6. The Kier molecular flexibility index (Phi) is 6.34. The lowest BCUT2D eigenvalue weighted by Crippen LogP contribution is -2.41. The van der Waals surface area contributed by atoms with E-state index in [-0.39, 0.29) is 28.8 Å². The van der Waals surface area contributed by atoms with Gasteiger partial charge in [-0.1, -0.05) is 36.4 Å². The molecule has 162 valence electrons. The van der Waals surface area contributed by atoms with Gasteiger partial charge in [-0.05, 0) is 67.1 Å². The number of aromatic nitrogens is 1. The van der Waals surface area contributed by atoms with Crippen molar-refractivity contribution in [1.29, 1.82) is 0 Å². The molecule has 7 heteroatoms. The summed E-state index contributed by atoms with van der Waals surface area (Å²) in [6.07, 6.45) is 6.08. The van der Waals surface area contributed by atoms with Gasteiger partial charge in [-0.2, -0.15) is 0 Å². The van der Waals surface area contributed by atoms with Crippen LogP contribution in [0.1, 0.15) is 44.2 Å². The lowest BCUT2D eigenvalue weighted by atomic mass is 9.85. The summed E-state index contributed by atoms with van der Waals surface area (Å²) in [5.41, 5.74) is 0.965. The second-order valence-electron chi connectivity index (χ2n) is 8.20. The second-order valence-corrected chi connectivity index (χ2v) is 9.91. The minimum Gasteiger partial charge on any atom is -0.349 e. The van der Waals surface area contributed by atoms with Crippen molar-refractivity contribution in [1.82, 2.24) is 15.0 Å². The number of amides is 1. The zero-order valence-corrected chi connectivity index (χ0v) is 18.3. The molecule has 1 saturated carbocycles. The van der Waals surface area contributed by atoms with E-state index >= 15 is 0 Å². The van der Waals surface area contributed by atoms with E-state index in [1.54, 1.807) is 24.5 Å². The maximum Gasteiger partial charge on any atom is 0.240 e. The highest BCUT2D eigenvalue weighted by molar-refractivity contribution is 7.89. The minimum atomic E-state index is -3.60. The number of benzene rings is 2. The highest BCUT2D eigenvalue weighted by Gasteiger charge is 2.29. The average molecular weight is 438 g/mol. The Morgan fingerprint density at radius 1 is 1.00 bits per heavy atom. The quantitative estimate of drug-likeness (QED) is 0.611. The van der Waals surface area contributed by atoms with Gasteiger partial charge in [0.25, 0.3) is 0 Å². The molecule has 3 aromatic rings. The van der Waals surface area contributed by atoms with Crippen LogP contribution < -0.4 is 10.0 Å². The van der Waals surface area contributed by atoms with E-state index in [1.807, 2.05) is 49.4 Å². The lowest BCUT2D eigenvalue weighted by molar-refractivity contribution is -0.126. The van der Waals surface area contributed by atoms with E-state index in [2.05, 4.69) is 15.0 Å². The van der Waals surface area contributed by atoms with Gasteiger partial charge >= 0.3 is 0 Å². The predicted molar refractivity (Wildman–Crippen MR) is 121 cm³/mol. The summed E-state index contributed by atoms with van der Waals surface area (Å²) >= 11 is 0. The van der Waals surface area contributed by atoms with Crippen LogP contribution in [-0.2, 0) is 14.8 Å². The van der Waals surface area contributed by atoms with Gasteiger partial charge in [-0.25, -0.2) is 13.1 Å². The molecule has 1 aromatic heterocycles. The molecule has 1 unspecified atom stereocenters. The molecular formula is C24H27N3O3S. The molecule has 1 aliphatic carbocycles. The van der Waals surface area contributed by atoms with Crippen molar-refractivity contribution >= 4 is 26.7 Å². The first kappa shape index (κ1) is 21.5. The number of nitrogens with zero attached hydrogens (tertiary/aromatic N) is 1. The van der Waals surface area contributed by atoms with Gasteiger partial charge in [0.1, 0.15) is 0 Å². The number of hydrogen-bond donors (Lipinski definition) is 2. The third-order valence-electron chi connectivity index (χ3n) is 5.99. The number of fused-ring (bicyclic) bond motifs is 1. The monoisotopic (exact) mass is 437 g/mol.